The van der Waals surface area contributed by atoms with Crippen molar-refractivity contribution >= 4 is 0 Å². The molecule has 0 spiro atoms. The summed E-state index contributed by atoms with van der Waals surface area (Å²) >= 11 is 0. The fourth-order valence-corrected chi connectivity index (χ4v) is 2.25. The van der Waals surface area contributed by atoms with E-state index < -0.39 is 0 Å². The monoisotopic (exact) mass is 251 g/mol. The third kappa shape index (κ3) is 4.77. The molecule has 0 amide bonds. The zero-order valence-electron chi connectivity index (χ0n) is 12.3. The van der Waals surface area contributed by atoms with Gasteiger partial charge in [-0.3, -0.25) is 0 Å². The quantitative estimate of drug-likeness (QED) is 0.805. The van der Waals surface area contributed by atoms with Crippen LogP contribution in [-0.2, 0) is 0 Å². The lowest BCUT2D eigenvalue weighted by atomic mass is 9.84. The predicted molar refractivity (Wildman–Crippen MR) is 76.2 cm³/mol. The summed E-state index contributed by atoms with van der Waals surface area (Å²) in [5.74, 6) is -0.152. The highest BCUT2D eigenvalue weighted by Gasteiger charge is 2.21. The van der Waals surface area contributed by atoms with E-state index in [-0.39, 0.29) is 11.2 Å². The Kier molecular flexibility index (Phi) is 5.33. The van der Waals surface area contributed by atoms with Crippen molar-refractivity contribution in [2.24, 2.45) is 5.41 Å². The van der Waals surface area contributed by atoms with E-state index in [2.05, 4.69) is 33.0 Å². The Morgan fingerprint density at radius 2 is 1.94 bits per heavy atom. The maximum Gasteiger partial charge on any atom is 0.123 e. The average Bonchev–Trinajstić information content (AvgIpc) is 2.23. The van der Waals surface area contributed by atoms with Crippen molar-refractivity contribution in [3.8, 4) is 0 Å². The molecule has 0 aromatic heterocycles. The lowest BCUT2D eigenvalue weighted by Gasteiger charge is -2.28. The molecule has 18 heavy (non-hydrogen) atoms. The first-order valence-corrected chi connectivity index (χ1v) is 6.83. The molecule has 2 heteroatoms. The van der Waals surface area contributed by atoms with E-state index in [1.54, 1.807) is 12.1 Å². The van der Waals surface area contributed by atoms with Crippen LogP contribution in [0.25, 0.3) is 0 Å². The van der Waals surface area contributed by atoms with Gasteiger partial charge in [0.1, 0.15) is 5.82 Å². The van der Waals surface area contributed by atoms with Crippen molar-refractivity contribution in [1.82, 2.24) is 5.32 Å². The van der Waals surface area contributed by atoms with Gasteiger partial charge < -0.3 is 5.32 Å². The highest BCUT2D eigenvalue weighted by Crippen LogP contribution is 2.31. The van der Waals surface area contributed by atoms with Gasteiger partial charge >= 0.3 is 0 Å². The Morgan fingerprint density at radius 1 is 1.28 bits per heavy atom. The number of rotatable bonds is 5. The predicted octanol–water partition coefficient (Wildman–Crippen LogP) is 4.61. The number of hydrogen-bond donors (Lipinski definition) is 1. The summed E-state index contributed by atoms with van der Waals surface area (Å²) in [4.78, 5) is 0. The molecule has 1 aromatic carbocycles. The maximum atomic E-state index is 13.2. The van der Waals surface area contributed by atoms with Crippen LogP contribution in [0.15, 0.2) is 18.2 Å². The van der Waals surface area contributed by atoms with Crippen LogP contribution in [0.5, 0.6) is 0 Å². The Bertz CT molecular complexity index is 379. The summed E-state index contributed by atoms with van der Waals surface area (Å²) in [7, 11) is 0. The number of hydrogen-bond acceptors (Lipinski definition) is 1. The standard InChI is InChI=1S/C16H26FN/c1-6-9-18-15(11-16(3,4)5)14-8-7-13(17)10-12(14)2/h7-8,10,15,18H,6,9,11H2,1-5H3. The second kappa shape index (κ2) is 6.33. The fourth-order valence-electron chi connectivity index (χ4n) is 2.25. The molecule has 0 heterocycles. The summed E-state index contributed by atoms with van der Waals surface area (Å²) in [5, 5.41) is 3.58. The first kappa shape index (κ1) is 15.2. The van der Waals surface area contributed by atoms with E-state index in [0.29, 0.717) is 6.04 Å². The maximum absolute atomic E-state index is 13.2. The van der Waals surface area contributed by atoms with Gasteiger partial charge in [0.05, 0.1) is 0 Å². The first-order valence-electron chi connectivity index (χ1n) is 6.83. The van der Waals surface area contributed by atoms with Gasteiger partial charge in [0.15, 0.2) is 0 Å². The van der Waals surface area contributed by atoms with Crippen LogP contribution in [0.2, 0.25) is 0 Å². The zero-order valence-corrected chi connectivity index (χ0v) is 12.3. The van der Waals surface area contributed by atoms with E-state index in [1.807, 2.05) is 13.0 Å². The van der Waals surface area contributed by atoms with Gasteiger partial charge in [0.25, 0.3) is 0 Å². The van der Waals surface area contributed by atoms with Gasteiger partial charge in [0, 0.05) is 6.04 Å². The lowest BCUT2D eigenvalue weighted by Crippen LogP contribution is -2.27. The minimum absolute atomic E-state index is 0.152. The molecule has 1 nitrogen and oxygen atoms in total. The Hall–Kier alpha value is -0.890. The summed E-state index contributed by atoms with van der Waals surface area (Å²) in [5.41, 5.74) is 2.51. The SMILES string of the molecule is CCCNC(CC(C)(C)C)c1ccc(F)cc1C. The van der Waals surface area contributed by atoms with E-state index in [9.17, 15) is 4.39 Å². The van der Waals surface area contributed by atoms with Crippen LogP contribution in [0.4, 0.5) is 4.39 Å². The highest BCUT2D eigenvalue weighted by molar-refractivity contribution is 5.29. The van der Waals surface area contributed by atoms with Crippen molar-refractivity contribution in [2.75, 3.05) is 6.54 Å². The normalized spacial score (nSPS) is 13.7. The van der Waals surface area contributed by atoms with Gasteiger partial charge in [-0.1, -0.05) is 33.8 Å². The molecule has 1 rings (SSSR count). The smallest absolute Gasteiger partial charge is 0.123 e. The number of halogens is 1. The molecule has 0 saturated carbocycles. The molecule has 0 saturated heterocycles. The average molecular weight is 251 g/mol. The Morgan fingerprint density at radius 3 is 2.44 bits per heavy atom. The highest BCUT2D eigenvalue weighted by atomic mass is 19.1. The molecule has 0 fully saturated rings. The number of benzene rings is 1. The molecular weight excluding hydrogens is 225 g/mol. The lowest BCUT2D eigenvalue weighted by molar-refractivity contribution is 0.311. The summed E-state index contributed by atoms with van der Waals surface area (Å²) < 4.78 is 13.2. The van der Waals surface area contributed by atoms with Crippen LogP contribution in [0.3, 0.4) is 0 Å². The molecule has 0 aliphatic carbocycles. The summed E-state index contributed by atoms with van der Waals surface area (Å²) in [6, 6.07) is 5.42. The van der Waals surface area contributed by atoms with Crippen molar-refractivity contribution in [3.05, 3.63) is 35.1 Å². The van der Waals surface area contributed by atoms with E-state index in [4.69, 9.17) is 0 Å². The molecular formula is C16H26FN. The van der Waals surface area contributed by atoms with Gasteiger partial charge in [0.2, 0.25) is 0 Å². The van der Waals surface area contributed by atoms with E-state index in [1.165, 1.54) is 5.56 Å². The third-order valence-electron chi connectivity index (χ3n) is 3.06. The molecule has 0 radical (unpaired) electrons. The van der Waals surface area contributed by atoms with Gasteiger partial charge in [-0.05, 0) is 55.0 Å². The molecule has 102 valence electrons. The zero-order chi connectivity index (χ0) is 13.8. The van der Waals surface area contributed by atoms with Gasteiger partial charge in [-0.15, -0.1) is 0 Å². The minimum Gasteiger partial charge on any atom is -0.310 e. The van der Waals surface area contributed by atoms with Gasteiger partial charge in [-0.2, -0.15) is 0 Å². The topological polar surface area (TPSA) is 12.0 Å². The summed E-state index contributed by atoms with van der Waals surface area (Å²) in [6.07, 6.45) is 2.17. The van der Waals surface area contributed by atoms with Crippen LogP contribution in [0.1, 0.15) is 57.7 Å². The number of nitrogens with one attached hydrogen (secondary N) is 1. The van der Waals surface area contributed by atoms with Crippen LogP contribution < -0.4 is 5.32 Å². The van der Waals surface area contributed by atoms with Crippen molar-refractivity contribution in [2.45, 2.75) is 53.5 Å². The Balaban J connectivity index is 2.93. The van der Waals surface area contributed by atoms with Crippen LogP contribution >= 0.6 is 0 Å². The fraction of sp³-hybridized carbons (Fsp3) is 0.625. The molecule has 1 N–H and O–H groups in total. The van der Waals surface area contributed by atoms with E-state index in [0.717, 1.165) is 24.9 Å². The third-order valence-corrected chi connectivity index (χ3v) is 3.06. The van der Waals surface area contributed by atoms with Crippen LogP contribution in [0, 0.1) is 18.2 Å². The first-order chi connectivity index (χ1) is 8.33. The van der Waals surface area contributed by atoms with E-state index >= 15 is 0 Å². The largest absolute Gasteiger partial charge is 0.310 e. The second-order valence-corrected chi connectivity index (χ2v) is 6.27. The second-order valence-electron chi connectivity index (χ2n) is 6.27. The van der Waals surface area contributed by atoms with Crippen LogP contribution in [-0.4, -0.2) is 6.54 Å². The summed E-state index contributed by atoms with van der Waals surface area (Å²) in [6.45, 7) is 11.9. The van der Waals surface area contributed by atoms with Gasteiger partial charge in [-0.25, -0.2) is 4.39 Å². The molecule has 0 bridgehead atoms. The Labute approximate surface area is 111 Å². The molecule has 1 atom stereocenters. The molecule has 1 aromatic rings. The minimum atomic E-state index is -0.152. The molecule has 0 aliphatic heterocycles. The molecule has 1 unspecified atom stereocenters. The number of aryl methyl sites for hydroxylation is 1. The van der Waals surface area contributed by atoms with Crippen molar-refractivity contribution < 1.29 is 4.39 Å². The van der Waals surface area contributed by atoms with Crippen molar-refractivity contribution in [1.29, 1.82) is 0 Å². The van der Waals surface area contributed by atoms with Crippen molar-refractivity contribution in [3.63, 3.8) is 0 Å². The molecule has 0 aliphatic rings.